The van der Waals surface area contributed by atoms with E-state index in [1.54, 1.807) is 6.07 Å². The van der Waals surface area contributed by atoms with Gasteiger partial charge < -0.3 is 0 Å². The van der Waals surface area contributed by atoms with Crippen LogP contribution in [0, 0.1) is 41.3 Å². The Labute approximate surface area is 195 Å². The molecule has 0 amide bonds. The van der Waals surface area contributed by atoms with Gasteiger partial charge in [0, 0.05) is 17.5 Å². The molecule has 2 aromatic rings. The van der Waals surface area contributed by atoms with E-state index in [0.29, 0.717) is 5.56 Å². The Kier molecular flexibility index (Phi) is 9.91. The van der Waals surface area contributed by atoms with Gasteiger partial charge in [-0.15, -0.1) is 0 Å². The van der Waals surface area contributed by atoms with Gasteiger partial charge in [-0.3, -0.25) is 0 Å². The zero-order valence-corrected chi connectivity index (χ0v) is 19.9. The van der Waals surface area contributed by atoms with Crippen molar-refractivity contribution < 1.29 is 4.39 Å². The molecule has 1 saturated carbocycles. The van der Waals surface area contributed by atoms with Crippen molar-refractivity contribution in [2.45, 2.75) is 84.5 Å². The first kappa shape index (κ1) is 24.1. The standard InChI is InChI=1S/C31H37F/c1-3-5-7-9-26-12-14-27(15-13-26)18-19-29-21-23-30(31(32)24-29)22-20-28-16-10-25(11-17-28)8-6-4-2/h10-11,16-17,21,23-24,26-27H,3-5,7,9,12-15,18-19H2,1-2H3/t26-,27-. The minimum Gasteiger partial charge on any atom is -0.206 e. The summed E-state index contributed by atoms with van der Waals surface area (Å²) in [5.74, 6) is 13.8. The molecule has 0 N–H and O–H groups in total. The Balaban J connectivity index is 1.48. The Morgan fingerprint density at radius 1 is 0.781 bits per heavy atom. The summed E-state index contributed by atoms with van der Waals surface area (Å²) in [5, 5.41) is 0. The molecule has 0 heterocycles. The Bertz CT molecular complexity index is 953. The molecule has 1 fully saturated rings. The fourth-order valence-corrected chi connectivity index (χ4v) is 4.64. The molecule has 0 aromatic heterocycles. The first-order chi connectivity index (χ1) is 15.7. The van der Waals surface area contributed by atoms with Crippen molar-refractivity contribution in [1.29, 1.82) is 0 Å². The van der Waals surface area contributed by atoms with Gasteiger partial charge in [0.1, 0.15) is 5.82 Å². The van der Waals surface area contributed by atoms with Gasteiger partial charge in [0.2, 0.25) is 0 Å². The number of hydrogen-bond donors (Lipinski definition) is 0. The van der Waals surface area contributed by atoms with Gasteiger partial charge in [0.15, 0.2) is 0 Å². The fourth-order valence-electron chi connectivity index (χ4n) is 4.64. The molecule has 0 saturated heterocycles. The monoisotopic (exact) mass is 428 g/mol. The molecule has 0 aliphatic heterocycles. The predicted octanol–water partition coefficient (Wildman–Crippen LogP) is 8.31. The molecule has 1 heteroatoms. The lowest BCUT2D eigenvalue weighted by Gasteiger charge is -2.28. The molecule has 0 spiro atoms. The van der Waals surface area contributed by atoms with E-state index in [-0.39, 0.29) is 5.82 Å². The first-order valence-corrected chi connectivity index (χ1v) is 12.6. The van der Waals surface area contributed by atoms with Gasteiger partial charge in [0.05, 0.1) is 5.56 Å². The third-order valence-electron chi connectivity index (χ3n) is 6.69. The molecule has 3 rings (SSSR count). The van der Waals surface area contributed by atoms with Crippen LogP contribution in [0.2, 0.25) is 0 Å². The van der Waals surface area contributed by atoms with Crippen molar-refractivity contribution in [3.05, 3.63) is 70.5 Å². The highest BCUT2D eigenvalue weighted by atomic mass is 19.1. The predicted molar refractivity (Wildman–Crippen MR) is 134 cm³/mol. The molecule has 1 aliphatic carbocycles. The highest BCUT2D eigenvalue weighted by molar-refractivity contribution is 5.46. The van der Waals surface area contributed by atoms with Crippen molar-refractivity contribution in [3.8, 4) is 23.7 Å². The number of rotatable bonds is 7. The van der Waals surface area contributed by atoms with Gasteiger partial charge in [-0.05, 0) is 66.6 Å². The number of unbranched alkanes of at least 4 members (excludes halogenated alkanes) is 2. The van der Waals surface area contributed by atoms with Gasteiger partial charge in [0.25, 0.3) is 0 Å². The van der Waals surface area contributed by atoms with E-state index in [1.165, 1.54) is 57.8 Å². The second-order valence-corrected chi connectivity index (χ2v) is 9.22. The molecule has 0 radical (unpaired) electrons. The van der Waals surface area contributed by atoms with E-state index in [4.69, 9.17) is 0 Å². The lowest BCUT2D eigenvalue weighted by atomic mass is 9.78. The average Bonchev–Trinajstić information content (AvgIpc) is 2.82. The quantitative estimate of drug-likeness (QED) is 0.307. The SMILES string of the molecule is CCC#Cc1ccc(C#Cc2ccc(CC[C@H]3CC[C@H](CCCCC)CC3)cc2F)cc1. The molecule has 1 aliphatic rings. The summed E-state index contributed by atoms with van der Waals surface area (Å²) < 4.78 is 14.6. The summed E-state index contributed by atoms with van der Waals surface area (Å²) >= 11 is 0. The van der Waals surface area contributed by atoms with Crippen LogP contribution in [0.15, 0.2) is 42.5 Å². The molecule has 0 unspecified atom stereocenters. The fraction of sp³-hybridized carbons (Fsp3) is 0.484. The number of halogens is 1. The molecule has 0 nitrogen and oxygen atoms in total. The molecule has 2 aromatic carbocycles. The maximum atomic E-state index is 14.6. The highest BCUT2D eigenvalue weighted by Crippen LogP contribution is 2.34. The maximum absolute atomic E-state index is 14.6. The second-order valence-electron chi connectivity index (χ2n) is 9.22. The van der Waals surface area contributed by atoms with E-state index < -0.39 is 0 Å². The Morgan fingerprint density at radius 3 is 2.06 bits per heavy atom. The summed E-state index contributed by atoms with van der Waals surface area (Å²) in [6.45, 7) is 4.31. The van der Waals surface area contributed by atoms with Crippen molar-refractivity contribution >= 4 is 0 Å². The minimum absolute atomic E-state index is 0.208. The van der Waals surface area contributed by atoms with Crippen LogP contribution in [0.3, 0.4) is 0 Å². The Hall–Kier alpha value is -2.51. The highest BCUT2D eigenvalue weighted by Gasteiger charge is 2.20. The van der Waals surface area contributed by atoms with E-state index in [0.717, 1.165) is 41.4 Å². The molecule has 0 atom stereocenters. The van der Waals surface area contributed by atoms with E-state index in [9.17, 15) is 4.39 Å². The van der Waals surface area contributed by atoms with Crippen LogP contribution < -0.4 is 0 Å². The van der Waals surface area contributed by atoms with Crippen molar-refractivity contribution in [1.82, 2.24) is 0 Å². The lowest BCUT2D eigenvalue weighted by Crippen LogP contribution is -2.15. The zero-order valence-electron chi connectivity index (χ0n) is 19.9. The van der Waals surface area contributed by atoms with Crippen LogP contribution in [-0.4, -0.2) is 0 Å². The summed E-state index contributed by atoms with van der Waals surface area (Å²) in [7, 11) is 0. The second kappa shape index (κ2) is 13.1. The van der Waals surface area contributed by atoms with E-state index >= 15 is 0 Å². The molecular weight excluding hydrogens is 391 g/mol. The van der Waals surface area contributed by atoms with Crippen LogP contribution >= 0.6 is 0 Å². The molecule has 0 bridgehead atoms. The molecule has 32 heavy (non-hydrogen) atoms. The van der Waals surface area contributed by atoms with Gasteiger partial charge in [-0.1, -0.05) is 95.0 Å². The third kappa shape index (κ3) is 7.88. The number of hydrogen-bond acceptors (Lipinski definition) is 0. The van der Waals surface area contributed by atoms with Crippen molar-refractivity contribution in [2.24, 2.45) is 11.8 Å². The van der Waals surface area contributed by atoms with Gasteiger partial charge in [-0.2, -0.15) is 0 Å². The van der Waals surface area contributed by atoms with Crippen LogP contribution in [0.4, 0.5) is 4.39 Å². The van der Waals surface area contributed by atoms with E-state index in [2.05, 4.69) is 30.6 Å². The van der Waals surface area contributed by atoms with Crippen LogP contribution in [0.25, 0.3) is 0 Å². The molecule has 168 valence electrons. The normalized spacial score (nSPS) is 17.7. The molecular formula is C31H37F. The zero-order chi connectivity index (χ0) is 22.6. The van der Waals surface area contributed by atoms with Crippen LogP contribution in [0.1, 0.15) is 100 Å². The summed E-state index contributed by atoms with van der Waals surface area (Å²) in [4.78, 5) is 0. The minimum atomic E-state index is -0.208. The van der Waals surface area contributed by atoms with Gasteiger partial charge in [-0.25, -0.2) is 4.39 Å². The lowest BCUT2D eigenvalue weighted by molar-refractivity contribution is 0.249. The largest absolute Gasteiger partial charge is 0.206 e. The number of aryl methyl sites for hydroxylation is 1. The van der Waals surface area contributed by atoms with Crippen LogP contribution in [0.5, 0.6) is 0 Å². The van der Waals surface area contributed by atoms with Crippen molar-refractivity contribution in [2.75, 3.05) is 0 Å². The first-order valence-electron chi connectivity index (χ1n) is 12.6. The van der Waals surface area contributed by atoms with Gasteiger partial charge >= 0.3 is 0 Å². The summed E-state index contributed by atoms with van der Waals surface area (Å²) in [6, 6.07) is 13.4. The third-order valence-corrected chi connectivity index (χ3v) is 6.69. The Morgan fingerprint density at radius 2 is 1.44 bits per heavy atom. The maximum Gasteiger partial charge on any atom is 0.139 e. The van der Waals surface area contributed by atoms with E-state index in [1.807, 2.05) is 43.3 Å². The average molecular weight is 429 g/mol. The number of benzene rings is 2. The van der Waals surface area contributed by atoms with Crippen molar-refractivity contribution in [3.63, 3.8) is 0 Å². The topological polar surface area (TPSA) is 0 Å². The summed E-state index contributed by atoms with van der Waals surface area (Å²) in [6.07, 6.45) is 14.0. The summed E-state index contributed by atoms with van der Waals surface area (Å²) in [5.41, 5.74) is 3.42. The van der Waals surface area contributed by atoms with Crippen LogP contribution in [-0.2, 0) is 6.42 Å². The smallest absolute Gasteiger partial charge is 0.139 e.